The Balaban J connectivity index is 2.44. The summed E-state index contributed by atoms with van der Waals surface area (Å²) in [6, 6.07) is 4.29. The van der Waals surface area contributed by atoms with E-state index >= 15 is 0 Å². The summed E-state index contributed by atoms with van der Waals surface area (Å²) in [5.74, 6) is 0.157. The second-order valence-corrected chi connectivity index (χ2v) is 5.96. The highest BCUT2D eigenvalue weighted by Gasteiger charge is 2.32. The van der Waals surface area contributed by atoms with Crippen LogP contribution in [0, 0.1) is 20.8 Å². The lowest BCUT2D eigenvalue weighted by atomic mass is 9.98. The highest BCUT2D eigenvalue weighted by molar-refractivity contribution is 5.97. The van der Waals surface area contributed by atoms with E-state index in [1.807, 2.05) is 4.90 Å². The fraction of sp³-hybridized carbons (Fsp3) is 0.533. The number of benzene rings is 1. The largest absolute Gasteiger partial charge is 0.309 e. The lowest BCUT2D eigenvalue weighted by Gasteiger charge is -2.40. The molecule has 1 fully saturated rings. The number of carbonyl (C=O) groups excluding carboxylic acids is 1. The van der Waals surface area contributed by atoms with Gasteiger partial charge < -0.3 is 10.2 Å². The number of hydrogen-bond acceptors (Lipinski definition) is 2. The fourth-order valence-electron chi connectivity index (χ4n) is 2.75. The Hall–Kier alpha value is -1.35. The number of nitrogens with zero attached hydrogens (tertiary/aromatic N) is 1. The predicted molar refractivity (Wildman–Crippen MR) is 75.1 cm³/mol. The van der Waals surface area contributed by atoms with Gasteiger partial charge in [0, 0.05) is 17.8 Å². The van der Waals surface area contributed by atoms with Crippen LogP contribution in [0.5, 0.6) is 0 Å². The Morgan fingerprint density at radius 1 is 1.17 bits per heavy atom. The predicted octanol–water partition coefficient (Wildman–Crippen LogP) is 2.33. The molecular weight excluding hydrogens is 224 g/mol. The van der Waals surface area contributed by atoms with E-state index in [2.05, 4.69) is 52.1 Å². The quantitative estimate of drug-likeness (QED) is 0.825. The zero-order valence-corrected chi connectivity index (χ0v) is 11.9. The van der Waals surface area contributed by atoms with Crippen LogP contribution in [-0.2, 0) is 4.79 Å². The molecule has 0 aromatic heterocycles. The molecule has 3 heteroatoms. The zero-order valence-electron chi connectivity index (χ0n) is 11.9. The summed E-state index contributed by atoms with van der Waals surface area (Å²) in [6.45, 7) is 11.6. The SMILES string of the molecule is Cc1cc(C)c(N2CC(C)(C)NCC2=O)c(C)c1. The smallest absolute Gasteiger partial charge is 0.241 e. The zero-order chi connectivity index (χ0) is 13.5. The van der Waals surface area contributed by atoms with Crippen molar-refractivity contribution in [3.05, 3.63) is 28.8 Å². The van der Waals surface area contributed by atoms with Gasteiger partial charge in [0.15, 0.2) is 0 Å². The molecule has 0 saturated carbocycles. The average Bonchev–Trinajstić information content (AvgIpc) is 2.21. The molecule has 0 radical (unpaired) electrons. The van der Waals surface area contributed by atoms with E-state index in [1.54, 1.807) is 0 Å². The maximum Gasteiger partial charge on any atom is 0.241 e. The number of carbonyl (C=O) groups is 1. The van der Waals surface area contributed by atoms with E-state index in [1.165, 1.54) is 16.7 Å². The highest BCUT2D eigenvalue weighted by atomic mass is 16.2. The van der Waals surface area contributed by atoms with Crippen molar-refractivity contribution < 1.29 is 4.79 Å². The fourth-order valence-corrected chi connectivity index (χ4v) is 2.75. The van der Waals surface area contributed by atoms with Gasteiger partial charge in [-0.1, -0.05) is 17.7 Å². The summed E-state index contributed by atoms with van der Waals surface area (Å²) in [6.07, 6.45) is 0. The van der Waals surface area contributed by atoms with Gasteiger partial charge in [0.2, 0.25) is 5.91 Å². The topological polar surface area (TPSA) is 32.3 Å². The summed E-state index contributed by atoms with van der Waals surface area (Å²) >= 11 is 0. The summed E-state index contributed by atoms with van der Waals surface area (Å²) in [5.41, 5.74) is 4.66. The molecule has 0 bridgehead atoms. The lowest BCUT2D eigenvalue weighted by molar-refractivity contribution is -0.119. The molecule has 98 valence electrons. The standard InChI is InChI=1S/C15H22N2O/c1-10-6-11(2)14(12(3)7-10)17-9-15(4,5)16-8-13(17)18/h6-7,16H,8-9H2,1-5H3. The van der Waals surface area contributed by atoms with Gasteiger partial charge >= 0.3 is 0 Å². The number of hydrogen-bond donors (Lipinski definition) is 1. The van der Waals surface area contributed by atoms with Crippen LogP contribution >= 0.6 is 0 Å². The second kappa shape index (κ2) is 4.39. The van der Waals surface area contributed by atoms with Gasteiger partial charge in [-0.2, -0.15) is 0 Å². The van der Waals surface area contributed by atoms with Crippen LogP contribution in [0.3, 0.4) is 0 Å². The molecule has 2 rings (SSSR count). The Labute approximate surface area is 109 Å². The van der Waals surface area contributed by atoms with Gasteiger partial charge in [-0.05, 0) is 45.7 Å². The molecule has 0 spiro atoms. The normalized spacial score (nSPS) is 19.2. The molecule has 1 aromatic carbocycles. The monoisotopic (exact) mass is 246 g/mol. The molecule has 3 nitrogen and oxygen atoms in total. The van der Waals surface area contributed by atoms with Gasteiger partial charge in [-0.15, -0.1) is 0 Å². The molecule has 1 aliphatic rings. The van der Waals surface area contributed by atoms with Crippen molar-refractivity contribution in [3.63, 3.8) is 0 Å². The van der Waals surface area contributed by atoms with E-state index in [0.29, 0.717) is 6.54 Å². The molecule has 0 aliphatic carbocycles. The maximum atomic E-state index is 12.1. The van der Waals surface area contributed by atoms with Crippen LogP contribution in [-0.4, -0.2) is 24.5 Å². The van der Waals surface area contributed by atoms with E-state index in [0.717, 1.165) is 12.2 Å². The lowest BCUT2D eigenvalue weighted by Crippen LogP contribution is -2.60. The first-order chi connectivity index (χ1) is 8.30. The van der Waals surface area contributed by atoms with E-state index in [9.17, 15) is 4.79 Å². The Bertz CT molecular complexity index is 468. The third kappa shape index (κ3) is 2.41. The molecule has 0 atom stereocenters. The van der Waals surface area contributed by atoms with Gasteiger partial charge in [-0.25, -0.2) is 0 Å². The Morgan fingerprint density at radius 3 is 2.28 bits per heavy atom. The first kappa shape index (κ1) is 13.1. The summed E-state index contributed by atoms with van der Waals surface area (Å²) in [7, 11) is 0. The minimum absolute atomic E-state index is 0.0301. The van der Waals surface area contributed by atoms with Crippen LogP contribution in [0.15, 0.2) is 12.1 Å². The number of aryl methyl sites for hydroxylation is 3. The third-order valence-corrected chi connectivity index (χ3v) is 3.48. The van der Waals surface area contributed by atoms with E-state index in [4.69, 9.17) is 0 Å². The van der Waals surface area contributed by atoms with Crippen molar-refractivity contribution in [3.8, 4) is 0 Å². The van der Waals surface area contributed by atoms with Crippen molar-refractivity contribution in [2.45, 2.75) is 40.2 Å². The highest BCUT2D eigenvalue weighted by Crippen LogP contribution is 2.29. The van der Waals surface area contributed by atoms with Crippen molar-refractivity contribution >= 4 is 11.6 Å². The Kier molecular flexibility index (Phi) is 3.20. The summed E-state index contributed by atoms with van der Waals surface area (Å²) < 4.78 is 0. The minimum atomic E-state index is -0.0301. The van der Waals surface area contributed by atoms with Crippen molar-refractivity contribution in [1.82, 2.24) is 5.32 Å². The van der Waals surface area contributed by atoms with Crippen LogP contribution in [0.2, 0.25) is 0 Å². The van der Waals surface area contributed by atoms with Gasteiger partial charge in [0.05, 0.1) is 6.54 Å². The van der Waals surface area contributed by atoms with Crippen molar-refractivity contribution in [2.75, 3.05) is 18.0 Å². The minimum Gasteiger partial charge on any atom is -0.309 e. The molecule has 1 heterocycles. The van der Waals surface area contributed by atoms with Gasteiger partial charge in [0.25, 0.3) is 0 Å². The molecule has 1 aliphatic heterocycles. The van der Waals surface area contributed by atoms with Crippen molar-refractivity contribution in [1.29, 1.82) is 0 Å². The summed E-state index contributed by atoms with van der Waals surface area (Å²) in [5, 5.41) is 3.27. The maximum absolute atomic E-state index is 12.1. The van der Waals surface area contributed by atoms with Crippen LogP contribution < -0.4 is 10.2 Å². The molecule has 1 amide bonds. The number of amides is 1. The summed E-state index contributed by atoms with van der Waals surface area (Å²) in [4.78, 5) is 14.1. The molecule has 1 aromatic rings. The molecule has 1 N–H and O–H groups in total. The Morgan fingerprint density at radius 2 is 1.72 bits per heavy atom. The van der Waals surface area contributed by atoms with Gasteiger partial charge in [-0.3, -0.25) is 4.79 Å². The molecule has 18 heavy (non-hydrogen) atoms. The number of anilines is 1. The van der Waals surface area contributed by atoms with E-state index in [-0.39, 0.29) is 11.4 Å². The number of piperazine rings is 1. The molecule has 0 unspecified atom stereocenters. The van der Waals surface area contributed by atoms with Crippen LogP contribution in [0.4, 0.5) is 5.69 Å². The molecule has 1 saturated heterocycles. The van der Waals surface area contributed by atoms with Crippen LogP contribution in [0.1, 0.15) is 30.5 Å². The van der Waals surface area contributed by atoms with Gasteiger partial charge in [0.1, 0.15) is 0 Å². The molecular formula is C15H22N2O. The second-order valence-electron chi connectivity index (χ2n) is 5.96. The average molecular weight is 246 g/mol. The number of nitrogens with one attached hydrogen (secondary N) is 1. The number of rotatable bonds is 1. The van der Waals surface area contributed by atoms with Crippen molar-refractivity contribution in [2.24, 2.45) is 0 Å². The first-order valence-corrected chi connectivity index (χ1v) is 6.43. The van der Waals surface area contributed by atoms with Crippen LogP contribution in [0.25, 0.3) is 0 Å². The van der Waals surface area contributed by atoms with E-state index < -0.39 is 0 Å². The first-order valence-electron chi connectivity index (χ1n) is 6.43. The third-order valence-electron chi connectivity index (χ3n) is 3.48.